The van der Waals surface area contributed by atoms with Gasteiger partial charge in [-0.3, -0.25) is 9.20 Å². The number of pyridine rings is 1. The Balaban J connectivity index is 2.05. The predicted octanol–water partition coefficient (Wildman–Crippen LogP) is 6.30. The Morgan fingerprint density at radius 3 is 2.67 bits per heavy atom. The number of ketones is 1. The van der Waals surface area contributed by atoms with Gasteiger partial charge in [-0.15, -0.1) is 0 Å². The van der Waals surface area contributed by atoms with Gasteiger partial charge in [0.2, 0.25) is 0 Å². The van der Waals surface area contributed by atoms with E-state index in [2.05, 4.69) is 10.3 Å². The summed E-state index contributed by atoms with van der Waals surface area (Å²) in [7, 11) is 0. The highest BCUT2D eigenvalue weighted by Gasteiger charge is 2.26. The molecular formula is C23H24F3N3O. The van der Waals surface area contributed by atoms with Crippen LogP contribution in [0.3, 0.4) is 0 Å². The number of halogens is 3. The maximum atomic E-state index is 12.6. The molecule has 2 heterocycles. The van der Waals surface area contributed by atoms with Crippen molar-refractivity contribution >= 4 is 23.2 Å². The Labute approximate surface area is 173 Å². The first-order valence-corrected chi connectivity index (χ1v) is 9.82. The molecule has 7 heteroatoms. The summed E-state index contributed by atoms with van der Waals surface area (Å²) in [6.07, 6.45) is 2.63. The van der Waals surface area contributed by atoms with E-state index in [1.807, 2.05) is 61.7 Å². The van der Waals surface area contributed by atoms with Crippen LogP contribution < -0.4 is 5.32 Å². The summed E-state index contributed by atoms with van der Waals surface area (Å²) in [5, 5.41) is 2.87. The number of aryl methyl sites for hydroxylation is 1. The molecule has 0 spiro atoms. The lowest BCUT2D eigenvalue weighted by molar-refractivity contribution is -0.131. The summed E-state index contributed by atoms with van der Waals surface area (Å²) < 4.78 is 39.5. The fourth-order valence-electron chi connectivity index (χ4n) is 3.40. The van der Waals surface area contributed by atoms with Gasteiger partial charge >= 0.3 is 6.18 Å². The number of nitrogens with one attached hydrogen (secondary N) is 1. The molecule has 0 atom stereocenters. The Hall–Kier alpha value is -3.09. The summed E-state index contributed by atoms with van der Waals surface area (Å²) in [5.74, 6) is 0.0868. The number of imidazole rings is 1. The number of aromatic nitrogens is 2. The minimum Gasteiger partial charge on any atom is -0.382 e. The highest BCUT2D eigenvalue weighted by molar-refractivity contribution is 5.97. The third-order valence-electron chi connectivity index (χ3n) is 4.85. The lowest BCUT2D eigenvalue weighted by Gasteiger charge is -2.12. The Morgan fingerprint density at radius 1 is 1.27 bits per heavy atom. The standard InChI is InChI=1S/C23H24F3N3O/c1-4-6-16-12-19(27-10-9-23(24,25)26)22-28-13-20(29(22)14-16)17-7-8-18(15(3)11-17)21(30)5-2/h4,6-8,11-14,27H,5,9-10H2,1-3H3/b6-4+. The molecule has 30 heavy (non-hydrogen) atoms. The number of carbonyl (C=O) groups excluding carboxylic acids is 1. The largest absolute Gasteiger partial charge is 0.390 e. The van der Waals surface area contributed by atoms with Crippen LogP contribution in [0.15, 0.2) is 42.7 Å². The van der Waals surface area contributed by atoms with E-state index < -0.39 is 12.6 Å². The molecule has 0 aliphatic heterocycles. The van der Waals surface area contributed by atoms with Crippen LogP contribution in [0.25, 0.3) is 23.0 Å². The molecule has 0 bridgehead atoms. The van der Waals surface area contributed by atoms with Crippen molar-refractivity contribution in [2.45, 2.75) is 39.8 Å². The number of nitrogens with zero attached hydrogens (tertiary/aromatic N) is 2. The van der Waals surface area contributed by atoms with Gasteiger partial charge in [0.1, 0.15) is 0 Å². The highest BCUT2D eigenvalue weighted by Crippen LogP contribution is 2.29. The number of allylic oxidation sites excluding steroid dienone is 1. The first-order valence-electron chi connectivity index (χ1n) is 9.82. The predicted molar refractivity (Wildman–Crippen MR) is 114 cm³/mol. The first kappa shape index (κ1) is 21.6. The van der Waals surface area contributed by atoms with Gasteiger partial charge in [0.25, 0.3) is 0 Å². The number of anilines is 1. The number of benzene rings is 1. The maximum absolute atomic E-state index is 12.6. The fourth-order valence-corrected chi connectivity index (χ4v) is 3.40. The second-order valence-corrected chi connectivity index (χ2v) is 7.12. The molecule has 1 N–H and O–H groups in total. The molecule has 0 saturated carbocycles. The van der Waals surface area contributed by atoms with Crippen LogP contribution in [0.2, 0.25) is 0 Å². The van der Waals surface area contributed by atoms with Gasteiger partial charge in [-0.1, -0.05) is 31.2 Å². The highest BCUT2D eigenvalue weighted by atomic mass is 19.4. The molecule has 0 aliphatic carbocycles. The van der Waals surface area contributed by atoms with Crippen molar-refractivity contribution in [2.75, 3.05) is 11.9 Å². The third-order valence-corrected chi connectivity index (χ3v) is 4.85. The van der Waals surface area contributed by atoms with Crippen molar-refractivity contribution in [1.82, 2.24) is 9.38 Å². The zero-order chi connectivity index (χ0) is 21.9. The molecule has 0 fully saturated rings. The molecule has 0 saturated heterocycles. The molecule has 3 aromatic rings. The van der Waals surface area contributed by atoms with Gasteiger partial charge < -0.3 is 5.32 Å². The normalized spacial score (nSPS) is 12.1. The van der Waals surface area contributed by atoms with E-state index in [9.17, 15) is 18.0 Å². The molecule has 0 aliphatic rings. The second-order valence-electron chi connectivity index (χ2n) is 7.12. The van der Waals surface area contributed by atoms with E-state index in [-0.39, 0.29) is 12.3 Å². The number of Topliss-reactive ketones (excluding diaryl/α,β-unsaturated/α-hetero) is 1. The smallest absolute Gasteiger partial charge is 0.382 e. The van der Waals surface area contributed by atoms with E-state index >= 15 is 0 Å². The number of fused-ring (bicyclic) bond motifs is 1. The molecule has 158 valence electrons. The average molecular weight is 415 g/mol. The van der Waals surface area contributed by atoms with Crippen molar-refractivity contribution in [3.8, 4) is 11.3 Å². The molecule has 2 aromatic heterocycles. The minimum atomic E-state index is -4.22. The van der Waals surface area contributed by atoms with Crippen molar-refractivity contribution in [3.63, 3.8) is 0 Å². The Morgan fingerprint density at radius 2 is 2.03 bits per heavy atom. The maximum Gasteiger partial charge on any atom is 0.390 e. The summed E-state index contributed by atoms with van der Waals surface area (Å²) in [4.78, 5) is 16.5. The van der Waals surface area contributed by atoms with Crippen LogP contribution in [-0.4, -0.2) is 27.9 Å². The molecule has 0 amide bonds. The Kier molecular flexibility index (Phi) is 6.29. The van der Waals surface area contributed by atoms with Gasteiger partial charge in [0, 0.05) is 30.3 Å². The topological polar surface area (TPSA) is 46.4 Å². The van der Waals surface area contributed by atoms with Gasteiger partial charge in [0.05, 0.1) is 24.0 Å². The van der Waals surface area contributed by atoms with Crippen molar-refractivity contribution in [3.05, 3.63) is 59.4 Å². The van der Waals surface area contributed by atoms with Crippen molar-refractivity contribution < 1.29 is 18.0 Å². The van der Waals surface area contributed by atoms with Crippen molar-refractivity contribution in [2.24, 2.45) is 0 Å². The molecule has 0 radical (unpaired) electrons. The Bertz CT molecular complexity index is 1100. The number of hydrogen-bond donors (Lipinski definition) is 1. The average Bonchev–Trinajstić information content (AvgIpc) is 3.10. The lowest BCUT2D eigenvalue weighted by Crippen LogP contribution is -2.15. The van der Waals surface area contributed by atoms with E-state index in [0.29, 0.717) is 23.3 Å². The summed E-state index contributed by atoms with van der Waals surface area (Å²) in [6.45, 7) is 5.37. The second kappa shape index (κ2) is 8.73. The fraction of sp³-hybridized carbons (Fsp3) is 0.304. The number of alkyl halides is 3. The summed E-state index contributed by atoms with van der Waals surface area (Å²) in [5.41, 5.74) is 5.18. The molecular weight excluding hydrogens is 391 g/mol. The molecule has 0 unspecified atom stereocenters. The van der Waals surface area contributed by atoms with Crippen LogP contribution >= 0.6 is 0 Å². The molecule has 3 rings (SSSR count). The van der Waals surface area contributed by atoms with E-state index in [4.69, 9.17) is 0 Å². The molecule has 4 nitrogen and oxygen atoms in total. The minimum absolute atomic E-state index is 0.0868. The van der Waals surface area contributed by atoms with Crippen molar-refractivity contribution in [1.29, 1.82) is 0 Å². The zero-order valence-corrected chi connectivity index (χ0v) is 17.2. The van der Waals surface area contributed by atoms with Crippen LogP contribution in [0, 0.1) is 6.92 Å². The van der Waals surface area contributed by atoms with E-state index in [0.717, 1.165) is 22.4 Å². The third kappa shape index (κ3) is 4.72. The first-order chi connectivity index (χ1) is 14.2. The van der Waals surface area contributed by atoms with Crippen LogP contribution in [0.5, 0.6) is 0 Å². The van der Waals surface area contributed by atoms with Gasteiger partial charge in [-0.25, -0.2) is 4.98 Å². The summed E-state index contributed by atoms with van der Waals surface area (Å²) >= 11 is 0. The lowest BCUT2D eigenvalue weighted by atomic mass is 9.99. The summed E-state index contributed by atoms with van der Waals surface area (Å²) in [6, 6.07) is 7.41. The van der Waals surface area contributed by atoms with Gasteiger partial charge in [-0.2, -0.15) is 13.2 Å². The van der Waals surface area contributed by atoms with E-state index in [1.54, 1.807) is 12.3 Å². The number of rotatable bonds is 7. The number of hydrogen-bond acceptors (Lipinski definition) is 3. The van der Waals surface area contributed by atoms with Gasteiger partial charge in [0.15, 0.2) is 11.4 Å². The zero-order valence-electron chi connectivity index (χ0n) is 17.2. The quantitative estimate of drug-likeness (QED) is 0.461. The SMILES string of the molecule is C/C=C/c1cc(NCCC(F)(F)F)c2ncc(-c3ccc(C(=O)CC)c(C)c3)n2c1. The number of carbonyl (C=O) groups is 1. The van der Waals surface area contributed by atoms with E-state index in [1.165, 1.54) is 0 Å². The van der Waals surface area contributed by atoms with Crippen LogP contribution in [0.4, 0.5) is 18.9 Å². The molecule has 1 aromatic carbocycles. The van der Waals surface area contributed by atoms with Crippen LogP contribution in [0.1, 0.15) is 48.2 Å². The van der Waals surface area contributed by atoms with Crippen LogP contribution in [-0.2, 0) is 0 Å². The van der Waals surface area contributed by atoms with Gasteiger partial charge in [-0.05, 0) is 37.1 Å². The monoisotopic (exact) mass is 415 g/mol.